The third kappa shape index (κ3) is 4.81. The van der Waals surface area contributed by atoms with Gasteiger partial charge in [0.1, 0.15) is 17.1 Å². The summed E-state index contributed by atoms with van der Waals surface area (Å²) in [5, 5.41) is 21.9. The quantitative estimate of drug-likeness (QED) is 0.194. The van der Waals surface area contributed by atoms with Crippen LogP contribution < -0.4 is 5.32 Å². The molecule has 0 aromatic heterocycles. The van der Waals surface area contributed by atoms with Crippen LogP contribution in [0.2, 0.25) is 0 Å². The number of benzene rings is 1. The summed E-state index contributed by atoms with van der Waals surface area (Å²) in [4.78, 5) is 27.3. The van der Waals surface area contributed by atoms with E-state index in [1.54, 1.807) is 0 Å². The molecule has 0 saturated heterocycles. The summed E-state index contributed by atoms with van der Waals surface area (Å²) in [5.74, 6) is -7.06. The van der Waals surface area contributed by atoms with Gasteiger partial charge in [0, 0.05) is 13.1 Å². The van der Waals surface area contributed by atoms with E-state index in [-0.39, 0.29) is 26.1 Å². The molecule has 7 nitrogen and oxygen atoms in total. The van der Waals surface area contributed by atoms with E-state index in [1.807, 2.05) is 0 Å². The van der Waals surface area contributed by atoms with Crippen molar-refractivity contribution in [2.24, 2.45) is 4.99 Å². The number of aliphatic imine (C=N–C) groups is 1. The summed E-state index contributed by atoms with van der Waals surface area (Å²) in [6, 6.07) is -0.108. The lowest BCUT2D eigenvalue weighted by atomic mass is 9.98. The minimum atomic E-state index is -1.59. The van der Waals surface area contributed by atoms with Gasteiger partial charge in [-0.2, -0.15) is 0 Å². The van der Waals surface area contributed by atoms with Gasteiger partial charge >= 0.3 is 5.97 Å². The third-order valence-corrected chi connectivity index (χ3v) is 4.53. The molecule has 1 aliphatic rings. The Morgan fingerprint density at radius 3 is 2.47 bits per heavy atom. The summed E-state index contributed by atoms with van der Waals surface area (Å²) in [5.41, 5.74) is -3.53. The number of aliphatic hydroxyl groups is 2. The van der Waals surface area contributed by atoms with Crippen LogP contribution in [-0.2, 0) is 19.9 Å². The number of nitrogens with one attached hydrogen (secondary N) is 1. The van der Waals surface area contributed by atoms with Crippen LogP contribution in [0.25, 0.3) is 5.76 Å². The molecule has 1 aromatic carbocycles. The second-order valence-electron chi connectivity index (χ2n) is 6.96. The van der Waals surface area contributed by atoms with Crippen molar-refractivity contribution in [3.8, 4) is 0 Å². The van der Waals surface area contributed by atoms with E-state index in [0.29, 0.717) is 6.07 Å². The second kappa shape index (κ2) is 9.29. The van der Waals surface area contributed by atoms with Crippen LogP contribution in [0, 0.1) is 17.5 Å². The van der Waals surface area contributed by atoms with E-state index in [0.717, 1.165) is 6.21 Å². The Kier molecular flexibility index (Phi) is 7.25. The maximum absolute atomic E-state index is 14.8. The maximum atomic E-state index is 14.8. The molecule has 1 fully saturated rings. The number of nitrogens with zero attached hydrogens (tertiary/aromatic N) is 1. The van der Waals surface area contributed by atoms with Crippen molar-refractivity contribution in [1.82, 2.24) is 5.32 Å². The van der Waals surface area contributed by atoms with Gasteiger partial charge < -0.3 is 20.3 Å². The van der Waals surface area contributed by atoms with Crippen molar-refractivity contribution in [2.75, 3.05) is 13.2 Å². The van der Waals surface area contributed by atoms with E-state index < -0.39 is 63.4 Å². The predicted octanol–water partition coefficient (Wildman–Crippen LogP) is 2.51. The molecule has 1 atom stereocenters. The topological polar surface area (TPSA) is 108 Å². The van der Waals surface area contributed by atoms with Crippen molar-refractivity contribution < 1.29 is 37.7 Å². The normalized spacial score (nSPS) is 16.8. The van der Waals surface area contributed by atoms with Gasteiger partial charge in [0.25, 0.3) is 0 Å². The molecule has 0 radical (unpaired) electrons. The Morgan fingerprint density at radius 2 is 1.97 bits per heavy atom. The summed E-state index contributed by atoms with van der Waals surface area (Å²) in [6.45, 7) is 3.72. The predicted molar refractivity (Wildman–Crippen MR) is 102 cm³/mol. The fourth-order valence-corrected chi connectivity index (χ4v) is 2.92. The Labute approximate surface area is 171 Å². The number of aliphatic hydroxyl groups excluding tert-OH is 2. The average Bonchev–Trinajstić information content (AvgIpc) is 3.43. The first-order chi connectivity index (χ1) is 14.1. The van der Waals surface area contributed by atoms with Crippen molar-refractivity contribution >= 4 is 23.9 Å². The first-order valence-electron chi connectivity index (χ1n) is 9.29. The maximum Gasteiger partial charge on any atom is 0.343 e. The van der Waals surface area contributed by atoms with Crippen LogP contribution in [-0.4, -0.2) is 47.6 Å². The molecule has 0 heterocycles. The fraction of sp³-hybridized carbons (Fsp3) is 0.450. The third-order valence-electron chi connectivity index (χ3n) is 4.53. The molecule has 1 aliphatic carbocycles. The smallest absolute Gasteiger partial charge is 0.343 e. The van der Waals surface area contributed by atoms with Crippen molar-refractivity contribution in [3.05, 3.63) is 40.2 Å². The highest BCUT2D eigenvalue weighted by molar-refractivity contribution is 6.15. The number of ether oxygens (including phenoxy) is 1. The zero-order valence-corrected chi connectivity index (χ0v) is 16.8. The molecule has 0 bridgehead atoms. The lowest BCUT2D eigenvalue weighted by Crippen LogP contribution is -2.35. The Balaban J connectivity index is 2.61. The monoisotopic (exact) mass is 428 g/mol. The van der Waals surface area contributed by atoms with Crippen molar-refractivity contribution in [2.45, 2.75) is 45.2 Å². The van der Waals surface area contributed by atoms with E-state index >= 15 is 0 Å². The number of esters is 1. The van der Waals surface area contributed by atoms with Crippen LogP contribution in [0.15, 0.2) is 16.6 Å². The summed E-state index contributed by atoms with van der Waals surface area (Å²) < 4.78 is 49.1. The van der Waals surface area contributed by atoms with E-state index in [9.17, 15) is 27.9 Å². The Morgan fingerprint density at radius 1 is 1.33 bits per heavy atom. The van der Waals surface area contributed by atoms with Crippen LogP contribution in [0.1, 0.15) is 44.7 Å². The van der Waals surface area contributed by atoms with E-state index in [1.165, 1.54) is 20.8 Å². The summed E-state index contributed by atoms with van der Waals surface area (Å²) >= 11 is 0. The molecule has 10 heteroatoms. The Hall–Kier alpha value is -2.88. The minimum Gasteiger partial charge on any atom is -0.506 e. The standard InChI is InChI=1S/C20H23F3N2O5/c1-4-30-19(29)13(8-24-10(2)9-26)18(28)12-7-14(21)15(17(23)16(12)22)20(5-6-20)25-11(3)27/h7-8,10,26,28H,4-6,9H2,1-3H3,(H,25,27)/b18-13-,24-8?/t10-/m0/s1. The van der Waals surface area contributed by atoms with Crippen LogP contribution in [0.4, 0.5) is 13.2 Å². The molecule has 0 aliphatic heterocycles. The van der Waals surface area contributed by atoms with Crippen LogP contribution in [0.5, 0.6) is 0 Å². The van der Waals surface area contributed by atoms with Gasteiger partial charge in [-0.05, 0) is 32.8 Å². The fourth-order valence-electron chi connectivity index (χ4n) is 2.92. The zero-order valence-electron chi connectivity index (χ0n) is 16.8. The van der Waals surface area contributed by atoms with Crippen LogP contribution in [0.3, 0.4) is 0 Å². The lowest BCUT2D eigenvalue weighted by Gasteiger charge is -2.20. The molecule has 0 spiro atoms. The van der Waals surface area contributed by atoms with Gasteiger partial charge in [-0.25, -0.2) is 18.0 Å². The molecule has 3 N–H and O–H groups in total. The number of carbonyl (C=O) groups excluding carboxylic acids is 2. The molecule has 30 heavy (non-hydrogen) atoms. The lowest BCUT2D eigenvalue weighted by molar-refractivity contribution is -0.137. The summed E-state index contributed by atoms with van der Waals surface area (Å²) in [7, 11) is 0. The highest BCUT2D eigenvalue weighted by atomic mass is 19.2. The molecule has 0 unspecified atom stereocenters. The number of halogens is 3. The molecular formula is C20H23F3N2O5. The Bertz CT molecular complexity index is 910. The number of amides is 1. The molecular weight excluding hydrogens is 405 g/mol. The number of hydrogen-bond acceptors (Lipinski definition) is 6. The second-order valence-corrected chi connectivity index (χ2v) is 6.96. The highest BCUT2D eigenvalue weighted by Crippen LogP contribution is 2.48. The van der Waals surface area contributed by atoms with Gasteiger partial charge in [-0.3, -0.25) is 9.79 Å². The average molecular weight is 428 g/mol. The zero-order chi connectivity index (χ0) is 22.6. The summed E-state index contributed by atoms with van der Waals surface area (Å²) in [6.07, 6.45) is 1.29. The number of hydrogen-bond donors (Lipinski definition) is 3. The molecule has 1 amide bonds. The SMILES string of the molecule is CCOC(=O)/C(C=N[C@@H](C)CO)=C(\O)c1cc(F)c(C2(NC(C)=O)CC2)c(F)c1F. The van der Waals surface area contributed by atoms with E-state index in [2.05, 4.69) is 10.3 Å². The van der Waals surface area contributed by atoms with Gasteiger partial charge in [-0.15, -0.1) is 0 Å². The number of rotatable bonds is 8. The first-order valence-corrected chi connectivity index (χ1v) is 9.29. The number of carbonyl (C=O) groups is 2. The molecule has 1 aromatic rings. The molecule has 164 valence electrons. The van der Waals surface area contributed by atoms with Gasteiger partial charge in [0.05, 0.1) is 35.9 Å². The highest BCUT2D eigenvalue weighted by Gasteiger charge is 2.50. The molecule has 2 rings (SSSR count). The van der Waals surface area contributed by atoms with Gasteiger partial charge in [-0.1, -0.05) is 0 Å². The molecule has 1 saturated carbocycles. The van der Waals surface area contributed by atoms with Crippen molar-refractivity contribution in [1.29, 1.82) is 0 Å². The van der Waals surface area contributed by atoms with Gasteiger partial charge in [0.2, 0.25) is 5.91 Å². The van der Waals surface area contributed by atoms with E-state index in [4.69, 9.17) is 9.84 Å². The van der Waals surface area contributed by atoms with Gasteiger partial charge in [0.15, 0.2) is 11.6 Å². The minimum absolute atomic E-state index is 0.0810. The first kappa shape index (κ1) is 23.4. The van der Waals surface area contributed by atoms with Crippen LogP contribution >= 0.6 is 0 Å². The largest absolute Gasteiger partial charge is 0.506 e. The van der Waals surface area contributed by atoms with Crippen molar-refractivity contribution in [3.63, 3.8) is 0 Å².